The number of aliphatic hydroxyl groups is 2. The summed E-state index contributed by atoms with van der Waals surface area (Å²) < 4.78 is 11.2. The number of hydrogen-bond donors (Lipinski definition) is 2. The van der Waals surface area contributed by atoms with Gasteiger partial charge in [0.2, 0.25) is 0 Å². The van der Waals surface area contributed by atoms with Crippen LogP contribution in [0, 0.1) is 16.7 Å². The van der Waals surface area contributed by atoms with Crippen LogP contribution in [0.1, 0.15) is 60.8 Å². The number of ether oxygens (including phenoxy) is 2. The Hall–Kier alpha value is -0.680. The Morgan fingerprint density at radius 3 is 1.88 bits per heavy atom. The molecule has 24 heavy (non-hydrogen) atoms. The van der Waals surface area contributed by atoms with Gasteiger partial charge in [0.25, 0.3) is 0 Å². The van der Waals surface area contributed by atoms with E-state index in [0.29, 0.717) is 24.7 Å². The predicted molar refractivity (Wildman–Crippen MR) is 97.4 cm³/mol. The number of aliphatic hydroxyl groups excluding tert-OH is 2. The summed E-state index contributed by atoms with van der Waals surface area (Å²) in [4.78, 5) is 0. The lowest BCUT2D eigenvalue weighted by atomic mass is 9.92. The highest BCUT2D eigenvalue weighted by molar-refractivity contribution is 5.12. The minimum Gasteiger partial charge on any atom is -0.364 e. The van der Waals surface area contributed by atoms with Crippen molar-refractivity contribution in [1.29, 1.82) is 0 Å². The third kappa shape index (κ3) is 8.97. The summed E-state index contributed by atoms with van der Waals surface area (Å²) in [5.41, 5.74) is 0.303. The summed E-state index contributed by atoms with van der Waals surface area (Å²) in [5, 5.41) is 20.9. The van der Waals surface area contributed by atoms with Crippen molar-refractivity contribution in [2.75, 3.05) is 13.2 Å². The van der Waals surface area contributed by atoms with E-state index in [2.05, 4.69) is 12.2 Å². The van der Waals surface area contributed by atoms with Gasteiger partial charge in [0.05, 0.1) is 13.2 Å². The fourth-order valence-corrected chi connectivity index (χ4v) is 2.38. The van der Waals surface area contributed by atoms with E-state index < -0.39 is 12.6 Å². The molecule has 0 fully saturated rings. The van der Waals surface area contributed by atoms with Crippen LogP contribution in [0.5, 0.6) is 0 Å². The summed E-state index contributed by atoms with van der Waals surface area (Å²) in [5.74, 6) is 0.297. The second-order valence-corrected chi connectivity index (χ2v) is 9.16. The molecule has 0 bridgehead atoms. The van der Waals surface area contributed by atoms with Gasteiger partial charge in [0.1, 0.15) is 0 Å². The van der Waals surface area contributed by atoms with Gasteiger partial charge in [-0.15, -0.1) is 0 Å². The van der Waals surface area contributed by atoms with Crippen molar-refractivity contribution in [1.82, 2.24) is 0 Å². The normalized spacial score (nSPS) is 21.4. The Bertz CT molecular complexity index is 400. The van der Waals surface area contributed by atoms with Crippen molar-refractivity contribution in [2.24, 2.45) is 16.7 Å². The minimum absolute atomic E-state index is 0.0586. The lowest BCUT2D eigenvalue weighted by Gasteiger charge is -2.28. The molecule has 1 aliphatic carbocycles. The fraction of sp³-hybridized carbons (Fsp3) is 0.800. The standard InChI is InChI=1S/C20H36O4/c1-19(2,3)13-23-17(21)16(12-15-10-8-7-9-11-15)18(22)24-14-20(4,5)6/h7-8,12,15,17-18,21-22H,9-11,13-14H2,1-6H3. The summed E-state index contributed by atoms with van der Waals surface area (Å²) >= 11 is 0. The molecule has 0 amide bonds. The molecule has 0 saturated carbocycles. The van der Waals surface area contributed by atoms with Crippen molar-refractivity contribution in [2.45, 2.75) is 73.4 Å². The third-order valence-corrected chi connectivity index (χ3v) is 3.66. The maximum Gasteiger partial charge on any atom is 0.181 e. The zero-order valence-electron chi connectivity index (χ0n) is 16.2. The number of allylic oxidation sites excluding steroid dienone is 3. The zero-order valence-corrected chi connectivity index (χ0v) is 16.2. The molecule has 140 valence electrons. The van der Waals surface area contributed by atoms with E-state index in [0.717, 1.165) is 19.3 Å². The minimum atomic E-state index is -1.15. The van der Waals surface area contributed by atoms with Crippen LogP contribution in [0.25, 0.3) is 0 Å². The van der Waals surface area contributed by atoms with Crippen LogP contribution in [0.3, 0.4) is 0 Å². The molecule has 0 aromatic heterocycles. The summed E-state index contributed by atoms with van der Waals surface area (Å²) in [6, 6.07) is 0. The van der Waals surface area contributed by atoms with Gasteiger partial charge >= 0.3 is 0 Å². The second-order valence-electron chi connectivity index (χ2n) is 9.16. The van der Waals surface area contributed by atoms with Crippen molar-refractivity contribution in [3.8, 4) is 0 Å². The Balaban J connectivity index is 2.81. The van der Waals surface area contributed by atoms with Crippen LogP contribution in [0.2, 0.25) is 0 Å². The van der Waals surface area contributed by atoms with Crippen LogP contribution >= 0.6 is 0 Å². The van der Waals surface area contributed by atoms with Gasteiger partial charge in [-0.05, 0) is 36.0 Å². The molecule has 4 heteroatoms. The van der Waals surface area contributed by atoms with E-state index in [9.17, 15) is 10.2 Å². The monoisotopic (exact) mass is 340 g/mol. The van der Waals surface area contributed by atoms with Gasteiger partial charge in [-0.2, -0.15) is 0 Å². The van der Waals surface area contributed by atoms with Crippen molar-refractivity contribution >= 4 is 0 Å². The maximum atomic E-state index is 10.5. The molecule has 1 rings (SSSR count). The van der Waals surface area contributed by atoms with Crippen molar-refractivity contribution < 1.29 is 19.7 Å². The van der Waals surface area contributed by atoms with Crippen molar-refractivity contribution in [3.63, 3.8) is 0 Å². The first kappa shape index (κ1) is 21.4. The maximum absolute atomic E-state index is 10.5. The Morgan fingerprint density at radius 2 is 1.50 bits per heavy atom. The quantitative estimate of drug-likeness (QED) is 0.542. The smallest absolute Gasteiger partial charge is 0.181 e. The van der Waals surface area contributed by atoms with E-state index >= 15 is 0 Å². The lowest BCUT2D eigenvalue weighted by molar-refractivity contribution is -0.147. The van der Waals surface area contributed by atoms with E-state index in [-0.39, 0.29) is 10.8 Å². The van der Waals surface area contributed by atoms with Gasteiger partial charge in [0, 0.05) is 5.57 Å². The fourth-order valence-electron chi connectivity index (χ4n) is 2.38. The topological polar surface area (TPSA) is 58.9 Å². The molecule has 0 heterocycles. The van der Waals surface area contributed by atoms with Gasteiger partial charge in [-0.25, -0.2) is 0 Å². The molecule has 0 aromatic carbocycles. The van der Waals surface area contributed by atoms with Gasteiger partial charge in [-0.1, -0.05) is 59.8 Å². The largest absolute Gasteiger partial charge is 0.364 e. The van der Waals surface area contributed by atoms with E-state index in [1.54, 1.807) is 0 Å². The molecule has 4 nitrogen and oxygen atoms in total. The summed E-state index contributed by atoms with van der Waals surface area (Å²) in [6.45, 7) is 13.1. The molecule has 2 N–H and O–H groups in total. The van der Waals surface area contributed by atoms with E-state index in [1.807, 2.05) is 47.6 Å². The zero-order chi connectivity index (χ0) is 18.4. The predicted octanol–water partition coefficient (Wildman–Crippen LogP) is 4.03. The summed E-state index contributed by atoms with van der Waals surface area (Å²) in [7, 11) is 0. The van der Waals surface area contributed by atoms with Crippen molar-refractivity contribution in [3.05, 3.63) is 23.8 Å². The van der Waals surface area contributed by atoms with Crippen LogP contribution in [-0.2, 0) is 9.47 Å². The highest BCUT2D eigenvalue weighted by Crippen LogP contribution is 2.26. The lowest BCUT2D eigenvalue weighted by Crippen LogP contribution is -2.32. The van der Waals surface area contributed by atoms with Gasteiger partial charge < -0.3 is 19.7 Å². The van der Waals surface area contributed by atoms with Gasteiger partial charge in [-0.3, -0.25) is 0 Å². The van der Waals surface area contributed by atoms with E-state index in [1.165, 1.54) is 0 Å². The SMILES string of the molecule is CC(C)(C)COC(O)C(=CC1CC=CCC1)C(O)OCC(C)(C)C. The first-order valence-electron chi connectivity index (χ1n) is 8.94. The molecule has 3 atom stereocenters. The highest BCUT2D eigenvalue weighted by atomic mass is 16.6. The second kappa shape index (κ2) is 9.14. The number of rotatable bonds is 7. The van der Waals surface area contributed by atoms with Crippen LogP contribution in [0.4, 0.5) is 0 Å². The van der Waals surface area contributed by atoms with Crippen LogP contribution < -0.4 is 0 Å². The molecule has 0 radical (unpaired) electrons. The molecular formula is C20H36O4. The molecule has 0 saturated heterocycles. The average Bonchev–Trinajstić information content (AvgIpc) is 2.47. The Morgan fingerprint density at radius 1 is 1.00 bits per heavy atom. The molecule has 1 aliphatic rings. The first-order valence-corrected chi connectivity index (χ1v) is 8.94. The Labute approximate surface area is 147 Å². The summed E-state index contributed by atoms with van der Waals surface area (Å²) in [6.07, 6.45) is 6.90. The molecule has 0 spiro atoms. The van der Waals surface area contributed by atoms with Gasteiger partial charge in [0.15, 0.2) is 12.6 Å². The average molecular weight is 341 g/mol. The third-order valence-electron chi connectivity index (χ3n) is 3.66. The first-order chi connectivity index (χ1) is 11.0. The van der Waals surface area contributed by atoms with Crippen LogP contribution in [0.15, 0.2) is 23.8 Å². The highest BCUT2D eigenvalue weighted by Gasteiger charge is 2.25. The van der Waals surface area contributed by atoms with Crippen LogP contribution in [-0.4, -0.2) is 36.0 Å². The molecule has 0 aromatic rings. The molecule has 0 aliphatic heterocycles. The molecular weight excluding hydrogens is 304 g/mol. The molecule has 3 unspecified atom stereocenters. The number of hydrogen-bond acceptors (Lipinski definition) is 4. The van der Waals surface area contributed by atoms with E-state index in [4.69, 9.17) is 9.47 Å². The Kier molecular flexibility index (Phi) is 8.13.